The van der Waals surface area contributed by atoms with Crippen LogP contribution in [0.2, 0.25) is 15.1 Å². The van der Waals surface area contributed by atoms with E-state index in [0.29, 0.717) is 20.3 Å². The summed E-state index contributed by atoms with van der Waals surface area (Å²) >= 11 is 23.3. The molecule has 2 unspecified atom stereocenters. The maximum Gasteiger partial charge on any atom is 0.355 e. The minimum absolute atomic E-state index is 0.0257. The molecule has 2 aromatic heterocycles. The van der Waals surface area contributed by atoms with E-state index in [2.05, 4.69) is 33.7 Å². The summed E-state index contributed by atoms with van der Waals surface area (Å²) in [4.78, 5) is 62.6. The quantitative estimate of drug-likeness (QED) is 0.0552. The summed E-state index contributed by atoms with van der Waals surface area (Å²) in [6.45, 7) is -4.30. The van der Waals surface area contributed by atoms with Gasteiger partial charge in [0, 0.05) is 11.4 Å². The number of nitrogens with zero attached hydrogens (tertiary/aromatic N) is 6. The Morgan fingerprint density at radius 3 is 1.72 bits per heavy atom. The van der Waals surface area contributed by atoms with E-state index in [1.54, 1.807) is 0 Å². The molecule has 0 spiro atoms. The van der Waals surface area contributed by atoms with Crippen molar-refractivity contribution in [1.82, 2.24) is 34.0 Å². The Hall–Kier alpha value is -3.72. The van der Waals surface area contributed by atoms with E-state index in [4.69, 9.17) is 61.5 Å². The second kappa shape index (κ2) is 23.6. The van der Waals surface area contributed by atoms with Gasteiger partial charge in [-0.15, -0.1) is 21.8 Å². The van der Waals surface area contributed by atoms with Crippen LogP contribution in [0, 0.1) is 19.7 Å². The lowest BCUT2D eigenvalue weighted by atomic mass is 10.1. The van der Waals surface area contributed by atoms with Gasteiger partial charge in [-0.05, 0) is 54.6 Å². The van der Waals surface area contributed by atoms with Crippen molar-refractivity contribution in [1.29, 1.82) is 0 Å². The van der Waals surface area contributed by atoms with Crippen molar-refractivity contribution in [2.75, 3.05) is 42.6 Å². The molecule has 0 aliphatic heterocycles. The van der Waals surface area contributed by atoms with E-state index in [1.807, 2.05) is 5.32 Å². The van der Waals surface area contributed by atoms with Crippen molar-refractivity contribution < 1.29 is 64.5 Å². The summed E-state index contributed by atoms with van der Waals surface area (Å²) < 4.78 is 102. The highest BCUT2D eigenvalue weighted by Crippen LogP contribution is 2.32. The third-order valence-electron chi connectivity index (χ3n) is 6.51. The number of carboxylic acid groups (broad SMARTS) is 2. The average molecular weight is 1020 g/mol. The fourth-order valence-corrected chi connectivity index (χ4v) is 6.10. The third-order valence-corrected chi connectivity index (χ3v) is 9.03. The molecule has 2 aromatic carbocycles. The van der Waals surface area contributed by atoms with E-state index in [9.17, 15) is 59.0 Å². The van der Waals surface area contributed by atoms with Gasteiger partial charge in [-0.25, -0.2) is 31.5 Å². The van der Waals surface area contributed by atoms with Crippen LogP contribution in [-0.4, -0.2) is 107 Å². The summed E-state index contributed by atoms with van der Waals surface area (Å²) in [5.74, 6) is -4.01. The summed E-state index contributed by atoms with van der Waals surface area (Å²) in [5.41, 5.74) is -2.82. The molecule has 342 valence electrons. The van der Waals surface area contributed by atoms with Crippen LogP contribution in [0.4, 0.5) is 27.6 Å². The molecular formula is C30H36Cl4F5N8O11PS2. The molecule has 31 heteroatoms. The van der Waals surface area contributed by atoms with Crippen molar-refractivity contribution in [2.45, 2.75) is 38.7 Å². The van der Waals surface area contributed by atoms with Crippen LogP contribution in [0.25, 0.3) is 11.4 Å². The molecule has 0 saturated carbocycles. The van der Waals surface area contributed by atoms with E-state index < -0.39 is 83.7 Å². The second-order valence-corrected chi connectivity index (χ2v) is 19.7. The molecule has 0 radical (unpaired) electrons. The summed E-state index contributed by atoms with van der Waals surface area (Å²) in [5, 5.41) is 24.6. The number of hydrogen-bond acceptors (Lipinski definition) is 11. The van der Waals surface area contributed by atoms with Crippen LogP contribution >= 0.6 is 54.0 Å². The molecule has 4 aromatic rings. The van der Waals surface area contributed by atoms with Gasteiger partial charge in [-0.2, -0.15) is 26.9 Å². The van der Waals surface area contributed by atoms with Crippen molar-refractivity contribution in [3.8, 4) is 11.4 Å². The lowest BCUT2D eigenvalue weighted by molar-refractivity contribution is -0.193. The van der Waals surface area contributed by atoms with Gasteiger partial charge in [0.1, 0.15) is 30.3 Å². The zero-order valence-corrected chi connectivity index (χ0v) is 37.7. The van der Waals surface area contributed by atoms with Crippen LogP contribution in [-0.2, 0) is 41.5 Å². The highest BCUT2D eigenvalue weighted by molar-refractivity contribution is 7.94. The van der Waals surface area contributed by atoms with Gasteiger partial charge in [0.15, 0.2) is 5.82 Å². The third kappa shape index (κ3) is 17.9. The standard InChI is InChI=1S/C13H10Cl2F3N3O3.C11H10Cl2F2N4O3S.C3H8NO5P.C3H9S/c1-5-19-21(13(24)20(5)12(17)18)10-3-6(2-8(15)11(22)23)7(14)4-9(10)16;1-5-16-19(11(20)18(5)10(14)15)9-4-8(17-23(2,21)22)6(12)3-7(9)13;5-3(6)1-4-2-10(7,8)9;1-4(2)3/h3-4,8,12H,2H2,1H3,(H,22,23);3-4,10,17H,1-2H3;4H,1-2H2,(H,5,6)(H2,7,8,9);1-3H3/q;;;+1/p-1. The van der Waals surface area contributed by atoms with Crippen LogP contribution in [0.5, 0.6) is 0 Å². The Balaban J connectivity index is 0.000000469. The van der Waals surface area contributed by atoms with E-state index in [0.717, 1.165) is 31.4 Å². The molecule has 0 fully saturated rings. The molecule has 2 heterocycles. The van der Waals surface area contributed by atoms with Crippen LogP contribution in [0.15, 0.2) is 33.9 Å². The summed E-state index contributed by atoms with van der Waals surface area (Å²) in [6.07, 6.45) is 6.52. The van der Waals surface area contributed by atoms with Gasteiger partial charge in [0.25, 0.3) is 0 Å². The van der Waals surface area contributed by atoms with Gasteiger partial charge < -0.3 is 24.6 Å². The van der Waals surface area contributed by atoms with Gasteiger partial charge in [0.05, 0.1) is 59.3 Å². The molecule has 4 rings (SSSR count). The summed E-state index contributed by atoms with van der Waals surface area (Å²) in [6, 6.07) is 4.20. The fourth-order valence-electron chi connectivity index (χ4n) is 4.18. The molecule has 2 atom stereocenters. The van der Waals surface area contributed by atoms with Gasteiger partial charge in [0.2, 0.25) is 10.0 Å². The first kappa shape index (κ1) is 55.3. The molecular weight excluding hydrogens is 980 g/mol. The van der Waals surface area contributed by atoms with Crippen LogP contribution < -0.4 is 26.3 Å². The van der Waals surface area contributed by atoms with E-state index in [1.165, 1.54) is 13.0 Å². The summed E-state index contributed by atoms with van der Waals surface area (Å²) in [7, 11) is -7.36. The number of aliphatic carboxylic acids is 2. The maximum atomic E-state index is 14.1. The van der Waals surface area contributed by atoms with Crippen LogP contribution in [0.1, 0.15) is 30.3 Å². The Labute approximate surface area is 365 Å². The lowest BCUT2D eigenvalue weighted by Gasteiger charge is -2.14. The maximum absolute atomic E-state index is 14.1. The molecule has 0 bridgehead atoms. The number of hydrogen-bond donors (Lipinski definition) is 5. The predicted octanol–water partition coefficient (Wildman–Crippen LogP) is 3.84. The van der Waals surface area contributed by atoms with E-state index in [-0.39, 0.29) is 59.2 Å². The number of anilines is 1. The number of aryl methyl sites for hydroxylation is 2. The number of sulfonamides is 1. The number of benzene rings is 2. The monoisotopic (exact) mass is 1010 g/mol. The Morgan fingerprint density at radius 2 is 1.34 bits per heavy atom. The minimum atomic E-state index is -4.35. The molecule has 0 saturated heterocycles. The first-order valence-electron chi connectivity index (χ1n) is 16.0. The zero-order chi connectivity index (χ0) is 47.5. The van der Waals surface area contributed by atoms with Gasteiger partial charge in [-0.3, -0.25) is 19.6 Å². The van der Waals surface area contributed by atoms with Gasteiger partial charge in [-0.1, -0.05) is 34.8 Å². The van der Waals surface area contributed by atoms with Crippen molar-refractivity contribution >= 4 is 92.5 Å². The van der Waals surface area contributed by atoms with Crippen molar-refractivity contribution in [3.63, 3.8) is 0 Å². The Kier molecular flexibility index (Phi) is 21.4. The largest absolute Gasteiger partial charge is 0.778 e. The number of halogens is 9. The SMILES string of the molecule is C[S+](C)C.Cc1nn(-c2cc(CC(Cl)C(=O)O)c(Cl)cc2F)c(=O)n1C(F)F.Cc1nn(-c2cc(NS(C)(=O)=O)c(Cl)cc2Cl)c(=O)n1C(F)F.O=C(O)CNCP(=O)([O-])O. The number of carboxylic acids is 2. The van der Waals surface area contributed by atoms with Gasteiger partial charge >= 0.3 is 36.4 Å². The number of alkyl halides is 5. The smallest absolute Gasteiger partial charge is 0.355 e. The first-order valence-corrected chi connectivity index (χ1v) is 23.7. The Bertz CT molecular complexity index is 2470. The molecule has 0 aliphatic carbocycles. The number of nitrogens with one attached hydrogen (secondary N) is 2. The molecule has 61 heavy (non-hydrogen) atoms. The highest BCUT2D eigenvalue weighted by Gasteiger charge is 2.24. The molecule has 19 nitrogen and oxygen atoms in total. The topological polar surface area (TPSA) is 273 Å². The molecule has 0 amide bonds. The minimum Gasteiger partial charge on any atom is -0.778 e. The molecule has 0 aliphatic rings. The first-order chi connectivity index (χ1) is 27.8. The van der Waals surface area contributed by atoms with Crippen molar-refractivity contribution in [3.05, 3.63) is 83.3 Å². The fraction of sp³-hybridized carbons (Fsp3) is 0.400. The van der Waals surface area contributed by atoms with Crippen molar-refractivity contribution in [2.24, 2.45) is 0 Å². The van der Waals surface area contributed by atoms with E-state index >= 15 is 0 Å². The van der Waals surface area contributed by atoms with Crippen LogP contribution in [0.3, 0.4) is 0 Å². The normalized spacial score (nSPS) is 12.7. The highest BCUT2D eigenvalue weighted by atomic mass is 35.5. The Morgan fingerprint density at radius 1 is 0.885 bits per heavy atom. The number of rotatable bonds is 13. The predicted molar refractivity (Wildman–Crippen MR) is 218 cm³/mol. The number of aromatic nitrogens is 6. The second-order valence-electron chi connectivity index (χ2n) is 12.2. The number of carbonyl (C=O) groups is 2. The average Bonchev–Trinajstić information content (AvgIpc) is 3.55. The zero-order valence-electron chi connectivity index (χ0n) is 32.1. The molecule has 5 N–H and O–H groups in total. The lowest BCUT2D eigenvalue weighted by Crippen LogP contribution is -2.25.